The number of fused-ring (bicyclic) bond motifs is 1. The number of nitrogens with zero attached hydrogens (tertiary/aromatic N) is 2. The number of imidazole rings is 1. The second-order valence-corrected chi connectivity index (χ2v) is 4.54. The van der Waals surface area contributed by atoms with Crippen LogP contribution in [0.25, 0.3) is 15.4 Å². The highest BCUT2D eigenvalue weighted by Crippen LogP contribution is 2.27. The molecule has 2 aromatic heterocycles. The smallest absolute Gasteiger partial charge is 0.194 e. The first kappa shape index (κ1) is 8.68. The summed E-state index contributed by atoms with van der Waals surface area (Å²) in [5.41, 5.74) is 2.33. The molecule has 0 saturated carbocycles. The van der Waals surface area contributed by atoms with Gasteiger partial charge < -0.3 is 0 Å². The van der Waals surface area contributed by atoms with Crippen LogP contribution in [-0.2, 0) is 0 Å². The van der Waals surface area contributed by atoms with E-state index >= 15 is 0 Å². The molecule has 0 atom stereocenters. The SMILES string of the molecule is Cc1cn2cc(-c3ccccc3)sc2n1. The quantitative estimate of drug-likeness (QED) is 0.607. The molecule has 2 nitrogen and oxygen atoms in total. The molecule has 0 N–H and O–H groups in total. The molecule has 0 radical (unpaired) electrons. The average Bonchev–Trinajstić information content (AvgIpc) is 2.76. The van der Waals surface area contributed by atoms with Gasteiger partial charge in [0, 0.05) is 12.4 Å². The summed E-state index contributed by atoms with van der Waals surface area (Å²) in [6.45, 7) is 2.02. The van der Waals surface area contributed by atoms with Gasteiger partial charge in [-0.1, -0.05) is 41.7 Å². The summed E-state index contributed by atoms with van der Waals surface area (Å²) >= 11 is 1.72. The normalized spacial score (nSPS) is 11.0. The van der Waals surface area contributed by atoms with Crippen molar-refractivity contribution in [3.63, 3.8) is 0 Å². The molecule has 0 aliphatic carbocycles. The van der Waals surface area contributed by atoms with Crippen LogP contribution in [0.4, 0.5) is 0 Å². The largest absolute Gasteiger partial charge is 0.297 e. The Bertz CT molecular complexity index is 561. The van der Waals surface area contributed by atoms with E-state index in [4.69, 9.17) is 0 Å². The van der Waals surface area contributed by atoms with Gasteiger partial charge in [0.2, 0.25) is 0 Å². The molecule has 3 rings (SSSR count). The Hall–Kier alpha value is -1.61. The minimum atomic E-state index is 1.06. The molecular weight excluding hydrogens is 204 g/mol. The number of thiazole rings is 1. The zero-order valence-electron chi connectivity index (χ0n) is 8.34. The second kappa shape index (κ2) is 3.21. The maximum absolute atomic E-state index is 4.44. The third-order valence-corrected chi connectivity index (χ3v) is 3.38. The Balaban J connectivity index is 2.16. The number of hydrogen-bond donors (Lipinski definition) is 0. The molecule has 3 aromatic rings. The Labute approximate surface area is 91.8 Å². The molecule has 0 aliphatic heterocycles. The highest BCUT2D eigenvalue weighted by atomic mass is 32.1. The molecule has 15 heavy (non-hydrogen) atoms. The van der Waals surface area contributed by atoms with E-state index in [1.165, 1.54) is 10.4 Å². The van der Waals surface area contributed by atoms with Crippen molar-refractivity contribution in [2.75, 3.05) is 0 Å². The molecule has 0 fully saturated rings. The number of hydrogen-bond acceptors (Lipinski definition) is 2. The van der Waals surface area contributed by atoms with Gasteiger partial charge in [-0.3, -0.25) is 4.40 Å². The van der Waals surface area contributed by atoms with E-state index in [1.807, 2.05) is 13.0 Å². The summed E-state index contributed by atoms with van der Waals surface area (Å²) in [5, 5.41) is 0. The Morgan fingerprint density at radius 3 is 2.67 bits per heavy atom. The summed E-state index contributed by atoms with van der Waals surface area (Å²) in [5.74, 6) is 0. The number of rotatable bonds is 1. The van der Waals surface area contributed by atoms with Gasteiger partial charge in [0.15, 0.2) is 4.96 Å². The predicted octanol–water partition coefficient (Wildman–Crippen LogP) is 3.37. The second-order valence-electron chi connectivity index (χ2n) is 3.53. The van der Waals surface area contributed by atoms with Crippen molar-refractivity contribution >= 4 is 16.3 Å². The van der Waals surface area contributed by atoms with Crippen LogP contribution in [-0.4, -0.2) is 9.38 Å². The number of aromatic nitrogens is 2. The Kier molecular flexibility index (Phi) is 1.86. The Morgan fingerprint density at radius 1 is 1.13 bits per heavy atom. The van der Waals surface area contributed by atoms with E-state index in [9.17, 15) is 0 Å². The van der Waals surface area contributed by atoms with E-state index in [2.05, 4.69) is 46.0 Å². The van der Waals surface area contributed by atoms with Gasteiger partial charge in [0.1, 0.15) is 0 Å². The van der Waals surface area contributed by atoms with Crippen LogP contribution >= 0.6 is 11.3 Å². The van der Waals surface area contributed by atoms with E-state index in [1.54, 1.807) is 11.3 Å². The molecule has 74 valence electrons. The third kappa shape index (κ3) is 1.45. The van der Waals surface area contributed by atoms with Crippen LogP contribution in [0.1, 0.15) is 5.69 Å². The number of aryl methyl sites for hydroxylation is 1. The predicted molar refractivity (Wildman–Crippen MR) is 63.2 cm³/mol. The fourth-order valence-electron chi connectivity index (χ4n) is 1.65. The average molecular weight is 214 g/mol. The van der Waals surface area contributed by atoms with Gasteiger partial charge in [-0.05, 0) is 12.5 Å². The van der Waals surface area contributed by atoms with Gasteiger partial charge in [-0.15, -0.1) is 0 Å². The summed E-state index contributed by atoms with van der Waals surface area (Å²) in [6.07, 6.45) is 4.19. The Morgan fingerprint density at radius 2 is 1.93 bits per heavy atom. The first-order valence-electron chi connectivity index (χ1n) is 4.83. The minimum Gasteiger partial charge on any atom is -0.297 e. The van der Waals surface area contributed by atoms with Crippen LogP contribution in [0.15, 0.2) is 42.7 Å². The van der Waals surface area contributed by atoms with Crippen LogP contribution in [0.2, 0.25) is 0 Å². The van der Waals surface area contributed by atoms with Gasteiger partial charge in [-0.2, -0.15) is 0 Å². The van der Waals surface area contributed by atoms with E-state index in [0.717, 1.165) is 10.7 Å². The van der Waals surface area contributed by atoms with Crippen LogP contribution in [0.5, 0.6) is 0 Å². The lowest BCUT2D eigenvalue weighted by atomic mass is 10.2. The fraction of sp³-hybridized carbons (Fsp3) is 0.0833. The van der Waals surface area contributed by atoms with Gasteiger partial charge in [0.05, 0.1) is 10.6 Å². The van der Waals surface area contributed by atoms with Gasteiger partial charge in [-0.25, -0.2) is 4.98 Å². The first-order valence-corrected chi connectivity index (χ1v) is 5.65. The molecule has 0 amide bonds. The highest BCUT2D eigenvalue weighted by molar-refractivity contribution is 7.20. The molecule has 1 aromatic carbocycles. The maximum Gasteiger partial charge on any atom is 0.194 e. The van der Waals surface area contributed by atoms with Crippen molar-refractivity contribution in [2.45, 2.75) is 6.92 Å². The lowest BCUT2D eigenvalue weighted by Crippen LogP contribution is -1.72. The molecule has 2 heterocycles. The zero-order chi connectivity index (χ0) is 10.3. The van der Waals surface area contributed by atoms with Crippen molar-refractivity contribution < 1.29 is 0 Å². The summed E-state index contributed by atoms with van der Waals surface area (Å²) in [6, 6.07) is 10.4. The molecule has 0 bridgehead atoms. The molecule has 0 unspecified atom stereocenters. The summed E-state index contributed by atoms with van der Waals surface area (Å²) in [7, 11) is 0. The molecule has 0 saturated heterocycles. The van der Waals surface area contributed by atoms with Crippen LogP contribution < -0.4 is 0 Å². The van der Waals surface area contributed by atoms with Crippen LogP contribution in [0.3, 0.4) is 0 Å². The molecular formula is C12H10N2S. The van der Waals surface area contributed by atoms with Crippen molar-refractivity contribution in [1.82, 2.24) is 9.38 Å². The topological polar surface area (TPSA) is 17.3 Å². The maximum atomic E-state index is 4.44. The highest BCUT2D eigenvalue weighted by Gasteiger charge is 2.05. The monoisotopic (exact) mass is 214 g/mol. The van der Waals surface area contributed by atoms with Gasteiger partial charge >= 0.3 is 0 Å². The van der Waals surface area contributed by atoms with Crippen molar-refractivity contribution in [1.29, 1.82) is 0 Å². The van der Waals surface area contributed by atoms with E-state index < -0.39 is 0 Å². The summed E-state index contributed by atoms with van der Waals surface area (Å²) in [4.78, 5) is 6.76. The number of benzene rings is 1. The lowest BCUT2D eigenvalue weighted by Gasteiger charge is -1.93. The van der Waals surface area contributed by atoms with Crippen LogP contribution in [0, 0.1) is 6.92 Å². The lowest BCUT2D eigenvalue weighted by molar-refractivity contribution is 1.22. The fourth-order valence-corrected chi connectivity index (χ4v) is 2.67. The first-order chi connectivity index (χ1) is 7.33. The molecule has 0 spiro atoms. The molecule has 3 heteroatoms. The van der Waals surface area contributed by atoms with Crippen molar-refractivity contribution in [3.8, 4) is 10.4 Å². The third-order valence-electron chi connectivity index (χ3n) is 2.33. The summed E-state index contributed by atoms with van der Waals surface area (Å²) < 4.78 is 2.09. The zero-order valence-corrected chi connectivity index (χ0v) is 9.16. The van der Waals surface area contributed by atoms with E-state index in [-0.39, 0.29) is 0 Å². The van der Waals surface area contributed by atoms with Gasteiger partial charge in [0.25, 0.3) is 0 Å². The van der Waals surface area contributed by atoms with Crippen molar-refractivity contribution in [2.24, 2.45) is 0 Å². The molecule has 0 aliphatic rings. The minimum absolute atomic E-state index is 1.06. The standard InChI is InChI=1S/C12H10N2S/c1-9-7-14-8-11(15-12(14)13-9)10-5-3-2-4-6-10/h2-8H,1H3. The van der Waals surface area contributed by atoms with E-state index in [0.29, 0.717) is 0 Å². The van der Waals surface area contributed by atoms with Crippen molar-refractivity contribution in [3.05, 3.63) is 48.4 Å².